The molecule has 0 spiro atoms. The molecule has 5 heteroatoms. The molecule has 98 valence electrons. The van der Waals surface area contributed by atoms with E-state index in [9.17, 15) is 4.79 Å². The van der Waals surface area contributed by atoms with Crippen molar-refractivity contribution in [3.8, 4) is 0 Å². The maximum Gasteiger partial charge on any atom is 0.251 e. The van der Waals surface area contributed by atoms with Gasteiger partial charge < -0.3 is 15.4 Å². The van der Waals surface area contributed by atoms with Crippen molar-refractivity contribution in [1.82, 2.24) is 5.32 Å². The zero-order chi connectivity index (χ0) is 13.0. The highest BCUT2D eigenvalue weighted by atomic mass is 35.5. The average molecular weight is 269 g/mol. The van der Waals surface area contributed by atoms with Crippen molar-refractivity contribution in [2.24, 2.45) is 5.92 Å². The summed E-state index contributed by atoms with van der Waals surface area (Å²) in [6, 6.07) is 5.22. The Balaban J connectivity index is 2.03. The molecular formula is C13H17ClN2O2. The van der Waals surface area contributed by atoms with Crippen molar-refractivity contribution in [3.05, 3.63) is 28.8 Å². The van der Waals surface area contributed by atoms with Gasteiger partial charge in [-0.15, -0.1) is 0 Å². The number of benzene rings is 1. The molecule has 1 heterocycles. The molecule has 1 aromatic carbocycles. The van der Waals surface area contributed by atoms with Crippen LogP contribution >= 0.6 is 11.6 Å². The monoisotopic (exact) mass is 268 g/mol. The molecule has 0 radical (unpaired) electrons. The Morgan fingerprint density at radius 2 is 2.39 bits per heavy atom. The van der Waals surface area contributed by atoms with Crippen molar-refractivity contribution < 1.29 is 9.53 Å². The summed E-state index contributed by atoms with van der Waals surface area (Å²) in [5, 5.41) is 6.50. The molecule has 0 aromatic heterocycles. The number of hydrogen-bond donors (Lipinski definition) is 2. The van der Waals surface area contributed by atoms with Crippen LogP contribution in [0.5, 0.6) is 0 Å². The van der Waals surface area contributed by atoms with E-state index in [-0.39, 0.29) is 5.91 Å². The minimum Gasteiger partial charge on any atom is -0.383 e. The molecule has 1 unspecified atom stereocenters. The first-order chi connectivity index (χ1) is 8.70. The molecule has 0 bridgehead atoms. The van der Waals surface area contributed by atoms with Crippen LogP contribution in [0.1, 0.15) is 16.8 Å². The van der Waals surface area contributed by atoms with Gasteiger partial charge in [-0.05, 0) is 24.6 Å². The summed E-state index contributed by atoms with van der Waals surface area (Å²) < 4.78 is 5.32. The second kappa shape index (κ2) is 6.07. The van der Waals surface area contributed by atoms with Gasteiger partial charge >= 0.3 is 0 Å². The van der Waals surface area contributed by atoms with E-state index in [0.29, 0.717) is 16.5 Å². The fraction of sp³-hybridized carbons (Fsp3) is 0.462. The molecule has 4 nitrogen and oxygen atoms in total. The quantitative estimate of drug-likeness (QED) is 0.880. The Labute approximate surface area is 112 Å². The van der Waals surface area contributed by atoms with Crippen molar-refractivity contribution in [2.45, 2.75) is 6.42 Å². The number of ether oxygens (including phenoxy) is 1. The zero-order valence-electron chi connectivity index (χ0n) is 10.3. The lowest BCUT2D eigenvalue weighted by molar-refractivity contribution is 0.0963. The molecule has 1 amide bonds. The van der Waals surface area contributed by atoms with Gasteiger partial charge in [-0.2, -0.15) is 0 Å². The number of rotatable bonds is 4. The van der Waals surface area contributed by atoms with E-state index < -0.39 is 0 Å². The predicted octanol–water partition coefficient (Wildman–Crippen LogP) is 2.15. The maximum atomic E-state index is 11.5. The molecule has 1 saturated heterocycles. The second-order valence-corrected chi connectivity index (χ2v) is 4.79. The third-order valence-corrected chi connectivity index (χ3v) is 3.39. The van der Waals surface area contributed by atoms with E-state index in [0.717, 1.165) is 31.9 Å². The topological polar surface area (TPSA) is 50.4 Å². The molecule has 2 rings (SSSR count). The molecule has 0 saturated carbocycles. The molecule has 0 aliphatic carbocycles. The fourth-order valence-electron chi connectivity index (χ4n) is 1.94. The van der Waals surface area contributed by atoms with E-state index in [1.54, 1.807) is 25.2 Å². The molecule has 1 aliphatic rings. The summed E-state index contributed by atoms with van der Waals surface area (Å²) in [6.07, 6.45) is 1.07. The van der Waals surface area contributed by atoms with Gasteiger partial charge in [-0.3, -0.25) is 4.79 Å². The second-order valence-electron chi connectivity index (χ2n) is 4.38. The Kier molecular flexibility index (Phi) is 4.44. The lowest BCUT2D eigenvalue weighted by Crippen LogP contribution is -2.18. The number of nitrogens with one attached hydrogen (secondary N) is 2. The maximum absolute atomic E-state index is 11.5. The van der Waals surface area contributed by atoms with E-state index >= 15 is 0 Å². The molecule has 2 N–H and O–H groups in total. The highest BCUT2D eigenvalue weighted by Gasteiger charge is 2.16. The minimum atomic E-state index is -0.112. The van der Waals surface area contributed by atoms with Gasteiger partial charge in [0, 0.05) is 31.7 Å². The summed E-state index contributed by atoms with van der Waals surface area (Å²) in [7, 11) is 1.61. The van der Waals surface area contributed by atoms with Crippen LogP contribution in [-0.2, 0) is 4.74 Å². The van der Waals surface area contributed by atoms with Crippen LogP contribution in [0.2, 0.25) is 5.02 Å². The first-order valence-corrected chi connectivity index (χ1v) is 6.41. The molecule has 1 fully saturated rings. The first-order valence-electron chi connectivity index (χ1n) is 6.04. The van der Waals surface area contributed by atoms with Crippen LogP contribution in [0, 0.1) is 5.92 Å². The number of hydrogen-bond acceptors (Lipinski definition) is 3. The SMILES string of the molecule is CNC(=O)c1ccc(Cl)c(NCC2CCOC2)c1. The summed E-state index contributed by atoms with van der Waals surface area (Å²) in [5.41, 5.74) is 1.40. The van der Waals surface area contributed by atoms with Gasteiger partial charge in [0.05, 0.1) is 17.3 Å². The molecular weight excluding hydrogens is 252 g/mol. The van der Waals surface area contributed by atoms with Crippen molar-refractivity contribution in [1.29, 1.82) is 0 Å². The smallest absolute Gasteiger partial charge is 0.251 e. The average Bonchev–Trinajstić information content (AvgIpc) is 2.90. The first kappa shape index (κ1) is 13.2. The van der Waals surface area contributed by atoms with Crippen LogP contribution in [0.25, 0.3) is 0 Å². The van der Waals surface area contributed by atoms with Crippen LogP contribution in [0.4, 0.5) is 5.69 Å². The third-order valence-electron chi connectivity index (χ3n) is 3.06. The Bertz CT molecular complexity index is 431. The number of amides is 1. The van der Waals surface area contributed by atoms with Gasteiger partial charge in [0.2, 0.25) is 0 Å². The lowest BCUT2D eigenvalue weighted by atomic mass is 10.1. The lowest BCUT2D eigenvalue weighted by Gasteiger charge is -2.13. The molecule has 1 atom stereocenters. The van der Waals surface area contributed by atoms with Crippen LogP contribution < -0.4 is 10.6 Å². The predicted molar refractivity (Wildman–Crippen MR) is 72.3 cm³/mol. The number of anilines is 1. The van der Waals surface area contributed by atoms with Gasteiger partial charge in [0.15, 0.2) is 0 Å². The standard InChI is InChI=1S/C13H17ClN2O2/c1-15-13(17)10-2-3-11(14)12(6-10)16-7-9-4-5-18-8-9/h2-3,6,9,16H,4-5,7-8H2,1H3,(H,15,17). The number of carbonyl (C=O) groups is 1. The van der Waals surface area contributed by atoms with Crippen LogP contribution in [-0.4, -0.2) is 32.7 Å². The number of carbonyl (C=O) groups excluding carboxylic acids is 1. The van der Waals surface area contributed by atoms with Crippen molar-refractivity contribution in [2.75, 3.05) is 32.1 Å². The fourth-order valence-corrected chi connectivity index (χ4v) is 2.13. The third kappa shape index (κ3) is 3.15. The van der Waals surface area contributed by atoms with Gasteiger partial charge in [0.25, 0.3) is 5.91 Å². The Morgan fingerprint density at radius 1 is 1.56 bits per heavy atom. The highest BCUT2D eigenvalue weighted by Crippen LogP contribution is 2.24. The minimum absolute atomic E-state index is 0.112. The van der Waals surface area contributed by atoms with Gasteiger partial charge in [-0.1, -0.05) is 11.6 Å². The molecule has 18 heavy (non-hydrogen) atoms. The Morgan fingerprint density at radius 3 is 3.06 bits per heavy atom. The van der Waals surface area contributed by atoms with E-state index in [1.807, 2.05) is 0 Å². The summed E-state index contributed by atoms with van der Waals surface area (Å²) in [5.74, 6) is 0.406. The van der Waals surface area contributed by atoms with Crippen molar-refractivity contribution in [3.63, 3.8) is 0 Å². The van der Waals surface area contributed by atoms with E-state index in [2.05, 4.69) is 10.6 Å². The highest BCUT2D eigenvalue weighted by molar-refractivity contribution is 6.33. The van der Waals surface area contributed by atoms with Crippen LogP contribution in [0.3, 0.4) is 0 Å². The molecule has 1 aromatic rings. The summed E-state index contributed by atoms with van der Waals surface area (Å²) >= 11 is 6.10. The van der Waals surface area contributed by atoms with Crippen LogP contribution in [0.15, 0.2) is 18.2 Å². The zero-order valence-corrected chi connectivity index (χ0v) is 11.1. The molecule has 1 aliphatic heterocycles. The van der Waals surface area contributed by atoms with Crippen molar-refractivity contribution >= 4 is 23.2 Å². The largest absolute Gasteiger partial charge is 0.383 e. The Hall–Kier alpha value is -1.26. The summed E-state index contributed by atoms with van der Waals surface area (Å²) in [4.78, 5) is 11.5. The van der Waals surface area contributed by atoms with E-state index in [1.165, 1.54) is 0 Å². The normalized spacial score (nSPS) is 18.7. The number of halogens is 1. The summed E-state index contributed by atoms with van der Waals surface area (Å²) in [6.45, 7) is 2.44. The van der Waals surface area contributed by atoms with E-state index in [4.69, 9.17) is 16.3 Å². The van der Waals surface area contributed by atoms with Gasteiger partial charge in [-0.25, -0.2) is 0 Å². The van der Waals surface area contributed by atoms with Gasteiger partial charge in [0.1, 0.15) is 0 Å².